The minimum Gasteiger partial charge on any atom is -0.478 e. The summed E-state index contributed by atoms with van der Waals surface area (Å²) in [5.74, 6) is -0.960. The lowest BCUT2D eigenvalue weighted by molar-refractivity contribution is 0.0693. The highest BCUT2D eigenvalue weighted by Crippen LogP contribution is 2.39. The zero-order valence-corrected chi connectivity index (χ0v) is 13.1. The number of carbonyl (C=O) groups is 1. The Morgan fingerprint density at radius 3 is 2.71 bits per heavy atom. The molecule has 6 heteroatoms. The van der Waals surface area contributed by atoms with Crippen molar-refractivity contribution in [3.8, 4) is 0 Å². The summed E-state index contributed by atoms with van der Waals surface area (Å²) in [5.41, 5.74) is 3.10. The molecule has 0 bridgehead atoms. The Bertz CT molecular complexity index is 826. The third-order valence-corrected chi connectivity index (χ3v) is 5.39. The van der Waals surface area contributed by atoms with Crippen molar-refractivity contribution in [2.24, 2.45) is 0 Å². The first-order chi connectivity index (χ1) is 10.1. The van der Waals surface area contributed by atoms with Gasteiger partial charge in [0.1, 0.15) is 0 Å². The molecule has 4 nitrogen and oxygen atoms in total. The van der Waals surface area contributed by atoms with Gasteiger partial charge in [0.2, 0.25) is 0 Å². The van der Waals surface area contributed by atoms with E-state index >= 15 is 0 Å². The molecule has 0 amide bonds. The van der Waals surface area contributed by atoms with Crippen molar-refractivity contribution in [1.82, 2.24) is 9.97 Å². The number of aromatic nitrogens is 2. The topological polar surface area (TPSA) is 63.1 Å². The molecule has 0 radical (unpaired) electrons. The van der Waals surface area contributed by atoms with E-state index in [2.05, 4.69) is 9.97 Å². The summed E-state index contributed by atoms with van der Waals surface area (Å²) >= 11 is 2.95. The molecule has 0 spiro atoms. The smallest absolute Gasteiger partial charge is 0.338 e. The van der Waals surface area contributed by atoms with Crippen LogP contribution in [0.3, 0.4) is 0 Å². The van der Waals surface area contributed by atoms with Gasteiger partial charge in [-0.15, -0.1) is 11.3 Å². The first-order valence-corrected chi connectivity index (χ1v) is 7.96. The predicted molar refractivity (Wildman–Crippen MR) is 84.4 cm³/mol. The summed E-state index contributed by atoms with van der Waals surface area (Å²) in [7, 11) is 0. The Balaban J connectivity index is 2.16. The molecule has 0 aromatic carbocycles. The minimum absolute atomic E-state index is 0.231. The fraction of sp³-hybridized carbons (Fsp3) is 0.133. The van der Waals surface area contributed by atoms with E-state index in [0.29, 0.717) is 0 Å². The van der Waals surface area contributed by atoms with Crippen molar-refractivity contribution in [3.05, 3.63) is 46.7 Å². The van der Waals surface area contributed by atoms with Gasteiger partial charge in [-0.25, -0.2) is 4.79 Å². The van der Waals surface area contributed by atoms with E-state index in [0.717, 1.165) is 31.3 Å². The molecule has 3 heterocycles. The Kier molecular flexibility index (Phi) is 3.65. The molecule has 3 aromatic rings. The summed E-state index contributed by atoms with van der Waals surface area (Å²) in [6.07, 6.45) is 3.20. The molecular weight excluding hydrogens is 304 g/mol. The normalized spacial score (nSPS) is 11.0. The zero-order valence-electron chi connectivity index (χ0n) is 11.5. The van der Waals surface area contributed by atoms with E-state index in [1.54, 1.807) is 6.20 Å². The second kappa shape index (κ2) is 5.46. The molecule has 0 aliphatic rings. The highest BCUT2D eigenvalue weighted by molar-refractivity contribution is 7.99. The van der Waals surface area contributed by atoms with Crippen molar-refractivity contribution in [3.63, 3.8) is 0 Å². The highest BCUT2D eigenvalue weighted by atomic mass is 32.2. The van der Waals surface area contributed by atoms with Gasteiger partial charge in [-0.3, -0.25) is 9.97 Å². The highest BCUT2D eigenvalue weighted by Gasteiger charge is 2.18. The van der Waals surface area contributed by atoms with Crippen molar-refractivity contribution < 1.29 is 9.90 Å². The number of carboxylic acid groups (broad SMARTS) is 1. The molecule has 0 saturated heterocycles. The van der Waals surface area contributed by atoms with Crippen molar-refractivity contribution in [1.29, 1.82) is 0 Å². The number of aryl methyl sites for hydroxylation is 2. The third kappa shape index (κ3) is 2.64. The van der Waals surface area contributed by atoms with E-state index in [1.807, 2.05) is 31.4 Å². The lowest BCUT2D eigenvalue weighted by Gasteiger charge is -2.07. The van der Waals surface area contributed by atoms with Crippen LogP contribution in [0.1, 0.15) is 21.6 Å². The number of hydrogen-bond acceptors (Lipinski definition) is 5. The maximum absolute atomic E-state index is 11.5. The van der Waals surface area contributed by atoms with Crippen molar-refractivity contribution in [2.45, 2.75) is 23.6 Å². The van der Waals surface area contributed by atoms with Gasteiger partial charge in [-0.1, -0.05) is 11.8 Å². The maximum Gasteiger partial charge on any atom is 0.338 e. The zero-order chi connectivity index (χ0) is 15.0. The first-order valence-electron chi connectivity index (χ1n) is 6.27. The summed E-state index contributed by atoms with van der Waals surface area (Å²) in [6.45, 7) is 3.90. The molecule has 3 aromatic heterocycles. The largest absolute Gasteiger partial charge is 0.478 e. The van der Waals surface area contributed by atoms with Gasteiger partial charge in [0, 0.05) is 27.9 Å². The summed E-state index contributed by atoms with van der Waals surface area (Å²) < 4.78 is 0.915. The van der Waals surface area contributed by atoms with Crippen LogP contribution >= 0.6 is 23.1 Å². The fourth-order valence-electron chi connectivity index (χ4n) is 1.96. The number of aromatic carboxylic acids is 1. The standard InChI is InChI=1S/C15H12N2O2S2/c1-8-7-20-14-12(8)17-6-11(15(18)19)13(14)21-10-4-3-9(2)16-5-10/h3-7H,1-2H3,(H,18,19). The van der Waals surface area contributed by atoms with Crippen LogP contribution in [0.5, 0.6) is 0 Å². The average molecular weight is 316 g/mol. The number of pyridine rings is 2. The van der Waals surface area contributed by atoms with Crippen LogP contribution < -0.4 is 0 Å². The molecule has 0 saturated carbocycles. The second-order valence-electron chi connectivity index (χ2n) is 4.64. The van der Waals surface area contributed by atoms with Crippen LogP contribution in [0.15, 0.2) is 39.7 Å². The molecule has 3 rings (SSSR count). The SMILES string of the molecule is Cc1ccc(Sc2c(C(=O)O)cnc3c(C)csc23)cn1. The summed E-state index contributed by atoms with van der Waals surface area (Å²) in [5, 5.41) is 11.4. The van der Waals surface area contributed by atoms with Crippen LogP contribution in [0.2, 0.25) is 0 Å². The number of thiophene rings is 1. The van der Waals surface area contributed by atoms with Crippen molar-refractivity contribution >= 4 is 39.3 Å². The van der Waals surface area contributed by atoms with Gasteiger partial charge in [0.15, 0.2) is 0 Å². The minimum atomic E-state index is -0.960. The van der Waals surface area contributed by atoms with Crippen LogP contribution in [0, 0.1) is 13.8 Å². The van der Waals surface area contributed by atoms with Crippen LogP contribution in [0.25, 0.3) is 10.2 Å². The molecule has 1 N–H and O–H groups in total. The molecule has 0 fully saturated rings. The van der Waals surface area contributed by atoms with Crippen LogP contribution in [-0.4, -0.2) is 21.0 Å². The quantitative estimate of drug-likeness (QED) is 0.786. The molecule has 0 atom stereocenters. The molecular formula is C15H12N2O2S2. The number of rotatable bonds is 3. The first kappa shape index (κ1) is 14.0. The maximum atomic E-state index is 11.5. The lowest BCUT2D eigenvalue weighted by atomic mass is 10.2. The average Bonchev–Trinajstić information content (AvgIpc) is 2.83. The Morgan fingerprint density at radius 2 is 2.05 bits per heavy atom. The van der Waals surface area contributed by atoms with Crippen LogP contribution in [0.4, 0.5) is 0 Å². The third-order valence-electron chi connectivity index (χ3n) is 3.05. The number of fused-ring (bicyclic) bond motifs is 1. The van der Waals surface area contributed by atoms with Crippen molar-refractivity contribution in [2.75, 3.05) is 0 Å². The summed E-state index contributed by atoms with van der Waals surface area (Å²) in [4.78, 5) is 21.6. The van der Waals surface area contributed by atoms with Gasteiger partial charge in [0.25, 0.3) is 0 Å². The molecule has 0 aliphatic carbocycles. The molecule has 0 aliphatic heterocycles. The summed E-state index contributed by atoms with van der Waals surface area (Å²) in [6, 6.07) is 3.87. The van der Waals surface area contributed by atoms with E-state index in [9.17, 15) is 9.90 Å². The van der Waals surface area contributed by atoms with E-state index in [1.165, 1.54) is 29.3 Å². The Labute approximate surface area is 129 Å². The van der Waals surface area contributed by atoms with Gasteiger partial charge >= 0.3 is 5.97 Å². The van der Waals surface area contributed by atoms with Gasteiger partial charge in [-0.05, 0) is 36.9 Å². The van der Waals surface area contributed by atoms with Gasteiger partial charge in [-0.2, -0.15) is 0 Å². The van der Waals surface area contributed by atoms with Gasteiger partial charge < -0.3 is 5.11 Å². The Hall–Kier alpha value is -1.92. The Morgan fingerprint density at radius 1 is 1.24 bits per heavy atom. The molecule has 21 heavy (non-hydrogen) atoms. The van der Waals surface area contributed by atoms with E-state index in [-0.39, 0.29) is 5.56 Å². The predicted octanol–water partition coefficient (Wildman–Crippen LogP) is 4.16. The van der Waals surface area contributed by atoms with E-state index < -0.39 is 5.97 Å². The number of hydrogen-bond donors (Lipinski definition) is 1. The lowest BCUT2D eigenvalue weighted by Crippen LogP contribution is -2.00. The van der Waals surface area contributed by atoms with E-state index in [4.69, 9.17) is 0 Å². The monoisotopic (exact) mass is 316 g/mol. The second-order valence-corrected chi connectivity index (χ2v) is 6.60. The number of carboxylic acids is 1. The molecule has 106 valence electrons. The van der Waals surface area contributed by atoms with Crippen LogP contribution in [-0.2, 0) is 0 Å². The number of nitrogens with zero attached hydrogens (tertiary/aromatic N) is 2. The molecule has 0 unspecified atom stereocenters. The van der Waals surface area contributed by atoms with Gasteiger partial charge in [0.05, 0.1) is 15.8 Å². The fourth-order valence-corrected chi connectivity index (χ4v) is 4.09.